The molecule has 3 N–H and O–H groups in total. The number of rotatable bonds is 8. The highest BCUT2D eigenvalue weighted by atomic mass is 35.5. The Bertz CT molecular complexity index is 1010. The van der Waals surface area contributed by atoms with Crippen LogP contribution in [0.15, 0.2) is 34.9 Å². The van der Waals surface area contributed by atoms with Gasteiger partial charge in [0.05, 0.1) is 28.8 Å². The summed E-state index contributed by atoms with van der Waals surface area (Å²) in [6, 6.07) is 4.55. The van der Waals surface area contributed by atoms with Gasteiger partial charge in [-0.2, -0.15) is 9.57 Å². The van der Waals surface area contributed by atoms with Crippen LogP contribution in [0.2, 0.25) is 5.02 Å². The lowest BCUT2D eigenvalue weighted by molar-refractivity contribution is -0.142. The molecular formula is C19H23ClN4O6S. The van der Waals surface area contributed by atoms with Crippen molar-refractivity contribution in [2.75, 3.05) is 31.6 Å². The fourth-order valence-electron chi connectivity index (χ4n) is 2.74. The van der Waals surface area contributed by atoms with Crippen molar-refractivity contribution in [1.29, 1.82) is 5.26 Å². The number of nitriles is 1. The Morgan fingerprint density at radius 3 is 2.52 bits per heavy atom. The van der Waals surface area contributed by atoms with E-state index in [9.17, 15) is 28.4 Å². The topological polar surface area (TPSA) is 149 Å². The largest absolute Gasteiger partial charge is 0.480 e. The van der Waals surface area contributed by atoms with Crippen LogP contribution in [0.3, 0.4) is 0 Å². The van der Waals surface area contributed by atoms with Crippen molar-refractivity contribution in [3.63, 3.8) is 0 Å². The van der Waals surface area contributed by atoms with Gasteiger partial charge in [-0.1, -0.05) is 25.4 Å². The van der Waals surface area contributed by atoms with Gasteiger partial charge in [0, 0.05) is 19.3 Å². The molecule has 1 aromatic carbocycles. The standard InChI is InChI=1S/C19H23ClN4O6S/c1-12(2)17(19(26)27)23-18(25)13(10-21)11-22-16-9-14(3-4-15(16)20)31(28,29)24-5-7-30-8-6-24/h3-4,9,11-12,17,22H,5-8H2,1-2H3,(H,23,25)(H,26,27)/b13-11-. The number of morpholine rings is 1. The van der Waals surface area contributed by atoms with E-state index in [4.69, 9.17) is 16.3 Å². The van der Waals surface area contributed by atoms with Gasteiger partial charge >= 0.3 is 5.97 Å². The maximum atomic E-state index is 12.8. The van der Waals surface area contributed by atoms with Crippen LogP contribution >= 0.6 is 11.6 Å². The predicted molar refractivity (Wildman–Crippen MR) is 113 cm³/mol. The molecule has 1 aliphatic rings. The Hall–Kier alpha value is -2.65. The first-order valence-electron chi connectivity index (χ1n) is 9.36. The molecule has 1 amide bonds. The molecule has 10 nitrogen and oxygen atoms in total. The molecule has 1 heterocycles. The van der Waals surface area contributed by atoms with Crippen molar-refractivity contribution < 1.29 is 27.9 Å². The first kappa shape index (κ1) is 24.6. The second kappa shape index (κ2) is 10.6. The van der Waals surface area contributed by atoms with E-state index in [-0.39, 0.29) is 28.7 Å². The number of carboxylic acids is 1. The average Bonchev–Trinajstić information content (AvgIpc) is 2.73. The molecule has 12 heteroatoms. The van der Waals surface area contributed by atoms with E-state index < -0.39 is 39.4 Å². The van der Waals surface area contributed by atoms with Gasteiger partial charge in [-0.3, -0.25) is 4.79 Å². The van der Waals surface area contributed by atoms with E-state index in [0.29, 0.717) is 13.2 Å². The van der Waals surface area contributed by atoms with Crippen LogP contribution in [-0.4, -0.2) is 62.1 Å². The number of halogens is 1. The maximum absolute atomic E-state index is 12.8. The molecule has 1 unspecified atom stereocenters. The highest BCUT2D eigenvalue weighted by Gasteiger charge is 2.27. The highest BCUT2D eigenvalue weighted by Crippen LogP contribution is 2.27. The first-order valence-corrected chi connectivity index (χ1v) is 11.2. The summed E-state index contributed by atoms with van der Waals surface area (Å²) >= 11 is 6.12. The molecule has 1 fully saturated rings. The van der Waals surface area contributed by atoms with Gasteiger partial charge in [0.2, 0.25) is 10.0 Å². The minimum absolute atomic E-state index is 0.0107. The minimum Gasteiger partial charge on any atom is -0.480 e. The summed E-state index contributed by atoms with van der Waals surface area (Å²) in [6.45, 7) is 4.30. The number of sulfonamides is 1. The second-order valence-corrected chi connectivity index (χ2v) is 9.35. The van der Waals surface area contributed by atoms with E-state index in [2.05, 4.69) is 10.6 Å². The predicted octanol–water partition coefficient (Wildman–Crippen LogP) is 1.41. The van der Waals surface area contributed by atoms with Crippen LogP contribution in [0.5, 0.6) is 0 Å². The normalized spacial score (nSPS) is 16.4. The van der Waals surface area contributed by atoms with Crippen molar-refractivity contribution in [3.8, 4) is 6.07 Å². The number of aliphatic carboxylic acids is 1. The second-order valence-electron chi connectivity index (χ2n) is 7.01. The van der Waals surface area contributed by atoms with Crippen molar-refractivity contribution >= 4 is 39.2 Å². The number of hydrogen-bond acceptors (Lipinski definition) is 7. The summed E-state index contributed by atoms with van der Waals surface area (Å²) in [5.41, 5.74) is -0.236. The van der Waals surface area contributed by atoms with Crippen molar-refractivity contribution in [2.45, 2.75) is 24.8 Å². The molecule has 168 valence electrons. The number of carboxylic acid groups (broad SMARTS) is 1. The van der Waals surface area contributed by atoms with E-state index >= 15 is 0 Å². The molecule has 0 aromatic heterocycles. The minimum atomic E-state index is -3.77. The third-order valence-corrected chi connectivity index (χ3v) is 6.73. The van der Waals surface area contributed by atoms with Crippen molar-refractivity contribution in [2.24, 2.45) is 5.92 Å². The van der Waals surface area contributed by atoms with Crippen LogP contribution in [0.1, 0.15) is 13.8 Å². The summed E-state index contributed by atoms with van der Waals surface area (Å²) in [4.78, 5) is 23.5. The summed E-state index contributed by atoms with van der Waals surface area (Å²) in [6.07, 6.45) is 1.04. The lowest BCUT2D eigenvalue weighted by Crippen LogP contribution is -2.44. The molecule has 1 aliphatic heterocycles. The number of carbonyl (C=O) groups is 2. The Morgan fingerprint density at radius 1 is 1.32 bits per heavy atom. The van der Waals surface area contributed by atoms with Crippen LogP contribution in [0, 0.1) is 17.2 Å². The fraction of sp³-hybridized carbons (Fsp3) is 0.421. The SMILES string of the molecule is CC(C)C(NC(=O)/C(C#N)=C\Nc1cc(S(=O)(=O)N2CCOCC2)ccc1Cl)C(=O)O. The van der Waals surface area contributed by atoms with Gasteiger partial charge < -0.3 is 20.5 Å². The molecule has 0 saturated carbocycles. The van der Waals surface area contributed by atoms with Gasteiger partial charge in [0.25, 0.3) is 5.91 Å². The molecular weight excluding hydrogens is 448 g/mol. The lowest BCUT2D eigenvalue weighted by Gasteiger charge is -2.26. The number of amides is 1. The zero-order valence-corrected chi connectivity index (χ0v) is 18.5. The van der Waals surface area contributed by atoms with Gasteiger partial charge in [-0.05, 0) is 24.1 Å². The van der Waals surface area contributed by atoms with E-state index in [0.717, 1.165) is 6.20 Å². The van der Waals surface area contributed by atoms with Gasteiger partial charge in [-0.15, -0.1) is 0 Å². The summed E-state index contributed by atoms with van der Waals surface area (Å²) in [5.74, 6) is -2.51. The van der Waals surface area contributed by atoms with Crippen LogP contribution in [0.4, 0.5) is 5.69 Å². The number of benzene rings is 1. The van der Waals surface area contributed by atoms with Gasteiger partial charge in [0.1, 0.15) is 17.7 Å². The quantitative estimate of drug-likeness (QED) is 0.381. The Morgan fingerprint density at radius 2 is 1.97 bits per heavy atom. The third kappa shape index (κ3) is 6.18. The molecule has 1 atom stereocenters. The molecule has 0 aliphatic carbocycles. The third-order valence-electron chi connectivity index (χ3n) is 4.50. The number of nitrogens with one attached hydrogen (secondary N) is 2. The van der Waals surface area contributed by atoms with Crippen molar-refractivity contribution in [3.05, 3.63) is 35.0 Å². The Balaban J connectivity index is 2.24. The maximum Gasteiger partial charge on any atom is 0.326 e. The molecule has 0 bridgehead atoms. The number of anilines is 1. The molecule has 0 spiro atoms. The van der Waals surface area contributed by atoms with Crippen LogP contribution < -0.4 is 10.6 Å². The molecule has 31 heavy (non-hydrogen) atoms. The van der Waals surface area contributed by atoms with Crippen molar-refractivity contribution in [1.82, 2.24) is 9.62 Å². The summed E-state index contributed by atoms with van der Waals surface area (Å²) in [5, 5.41) is 23.6. The van der Waals surface area contributed by atoms with E-state index in [1.54, 1.807) is 19.9 Å². The number of nitrogens with zero attached hydrogens (tertiary/aromatic N) is 2. The summed E-state index contributed by atoms with van der Waals surface area (Å²) in [7, 11) is -3.77. The van der Waals surface area contributed by atoms with E-state index in [1.165, 1.54) is 22.5 Å². The zero-order chi connectivity index (χ0) is 23.2. The lowest BCUT2D eigenvalue weighted by atomic mass is 10.0. The average molecular weight is 471 g/mol. The smallest absolute Gasteiger partial charge is 0.326 e. The monoisotopic (exact) mass is 470 g/mol. The molecule has 1 aromatic rings. The highest BCUT2D eigenvalue weighted by molar-refractivity contribution is 7.89. The summed E-state index contributed by atoms with van der Waals surface area (Å²) < 4.78 is 32.1. The number of hydrogen-bond donors (Lipinski definition) is 3. The van der Waals surface area contributed by atoms with Crippen LogP contribution in [0.25, 0.3) is 0 Å². The van der Waals surface area contributed by atoms with Crippen LogP contribution in [-0.2, 0) is 24.3 Å². The number of ether oxygens (including phenoxy) is 1. The molecule has 2 rings (SSSR count). The fourth-order valence-corrected chi connectivity index (χ4v) is 4.35. The first-order chi connectivity index (χ1) is 14.6. The Kier molecular flexibility index (Phi) is 8.41. The van der Waals surface area contributed by atoms with Gasteiger partial charge in [0.15, 0.2) is 0 Å². The zero-order valence-electron chi connectivity index (χ0n) is 17.0. The number of carbonyl (C=O) groups excluding carboxylic acids is 1. The Labute approximate surface area is 185 Å². The molecule has 0 radical (unpaired) electrons. The van der Waals surface area contributed by atoms with Gasteiger partial charge in [-0.25, -0.2) is 13.2 Å². The molecule has 1 saturated heterocycles. The van der Waals surface area contributed by atoms with E-state index in [1.807, 2.05) is 0 Å².